The van der Waals surface area contributed by atoms with E-state index in [1.165, 1.54) is 26.3 Å². The molecule has 2 atom stereocenters. The van der Waals surface area contributed by atoms with Crippen LogP contribution in [0.1, 0.15) is 49.7 Å². The molecule has 1 unspecified atom stereocenters. The van der Waals surface area contributed by atoms with Crippen LogP contribution in [0, 0.1) is 5.92 Å². The molecule has 0 saturated carbocycles. The maximum atomic E-state index is 12.8. The Bertz CT molecular complexity index is 1090. The molecule has 2 aromatic rings. The molecular weight excluding hydrogens is 484 g/mol. The van der Waals surface area contributed by atoms with Gasteiger partial charge in [0.25, 0.3) is 5.91 Å². The van der Waals surface area contributed by atoms with Gasteiger partial charge in [-0.3, -0.25) is 14.4 Å². The molecule has 1 N–H and O–H groups in total. The maximum absolute atomic E-state index is 12.8. The van der Waals surface area contributed by atoms with Crippen LogP contribution in [0.2, 0.25) is 0 Å². The number of hydrogen-bond acceptors (Lipinski definition) is 10. The number of carbonyl (C=O) groups excluding carboxylic acids is 3. The highest BCUT2D eigenvalue weighted by atomic mass is 16.7. The number of pyridine rings is 1. The summed E-state index contributed by atoms with van der Waals surface area (Å²) < 4.78 is 31.8. The van der Waals surface area contributed by atoms with E-state index < -0.39 is 37.3 Å². The fourth-order valence-electron chi connectivity index (χ4n) is 3.87. The van der Waals surface area contributed by atoms with Crippen LogP contribution in [0.5, 0.6) is 23.0 Å². The Morgan fingerprint density at radius 1 is 0.973 bits per heavy atom. The highest BCUT2D eigenvalue weighted by Gasteiger charge is 2.29. The maximum Gasteiger partial charge on any atom is 0.325 e. The van der Waals surface area contributed by atoms with E-state index in [1.807, 2.05) is 26.0 Å². The third-order valence-corrected chi connectivity index (χ3v) is 5.50. The van der Waals surface area contributed by atoms with Crippen molar-refractivity contribution < 1.29 is 42.8 Å². The van der Waals surface area contributed by atoms with E-state index in [0.29, 0.717) is 11.5 Å². The highest BCUT2D eigenvalue weighted by Crippen LogP contribution is 2.37. The zero-order chi connectivity index (χ0) is 27.5. The predicted molar refractivity (Wildman–Crippen MR) is 133 cm³/mol. The van der Waals surface area contributed by atoms with E-state index in [2.05, 4.69) is 10.3 Å². The van der Waals surface area contributed by atoms with Crippen molar-refractivity contribution in [1.82, 2.24) is 10.3 Å². The van der Waals surface area contributed by atoms with E-state index in [-0.39, 0.29) is 29.0 Å². The van der Waals surface area contributed by atoms with Gasteiger partial charge >= 0.3 is 11.9 Å². The summed E-state index contributed by atoms with van der Waals surface area (Å²) in [6, 6.07) is 6.97. The average Bonchev–Trinajstić information content (AvgIpc) is 2.87. The Balaban J connectivity index is 2.10. The molecular formula is C26H34N2O9. The molecule has 0 aliphatic carbocycles. The van der Waals surface area contributed by atoms with Crippen LogP contribution in [-0.4, -0.2) is 63.6 Å². The third-order valence-electron chi connectivity index (χ3n) is 5.50. The number of methoxy groups -OCH3 is 3. The van der Waals surface area contributed by atoms with Crippen LogP contribution in [0.25, 0.3) is 0 Å². The Labute approximate surface area is 216 Å². The first-order chi connectivity index (χ1) is 17.6. The number of aromatic nitrogens is 1. The van der Waals surface area contributed by atoms with E-state index >= 15 is 0 Å². The quantitative estimate of drug-likeness (QED) is 0.312. The van der Waals surface area contributed by atoms with Gasteiger partial charge in [-0.2, -0.15) is 0 Å². The first-order valence-corrected chi connectivity index (χ1v) is 11.6. The van der Waals surface area contributed by atoms with Gasteiger partial charge in [-0.1, -0.05) is 19.9 Å². The minimum atomic E-state index is -0.696. The van der Waals surface area contributed by atoms with Gasteiger partial charge in [0.15, 0.2) is 17.2 Å². The van der Waals surface area contributed by atoms with Crippen molar-refractivity contribution in [3.8, 4) is 23.0 Å². The fraction of sp³-hybridized carbons (Fsp3) is 0.462. The van der Waals surface area contributed by atoms with Crippen LogP contribution in [0.3, 0.4) is 0 Å². The average molecular weight is 519 g/mol. The molecule has 0 aliphatic heterocycles. The number of benzene rings is 1. The first kappa shape index (κ1) is 29.2. The normalized spacial score (nSPS) is 12.2. The molecule has 11 nitrogen and oxygen atoms in total. The van der Waals surface area contributed by atoms with Crippen LogP contribution in [0.15, 0.2) is 30.5 Å². The second-order valence-corrected chi connectivity index (χ2v) is 8.34. The molecule has 202 valence electrons. The van der Waals surface area contributed by atoms with Gasteiger partial charge in [-0.15, -0.1) is 0 Å². The van der Waals surface area contributed by atoms with Gasteiger partial charge in [0.1, 0.15) is 24.1 Å². The minimum Gasteiger partial charge on any atom is -0.497 e. The largest absolute Gasteiger partial charge is 0.497 e. The Hall–Kier alpha value is -4.02. The summed E-state index contributed by atoms with van der Waals surface area (Å²) >= 11 is 0. The lowest BCUT2D eigenvalue weighted by Gasteiger charge is -2.29. The first-order valence-electron chi connectivity index (χ1n) is 11.6. The number of nitrogens with zero attached hydrogens (tertiary/aromatic N) is 1. The second-order valence-electron chi connectivity index (χ2n) is 8.34. The van der Waals surface area contributed by atoms with Crippen molar-refractivity contribution in [1.29, 1.82) is 0 Å². The minimum absolute atomic E-state index is 0.0306. The van der Waals surface area contributed by atoms with E-state index in [4.69, 9.17) is 28.4 Å². The Morgan fingerprint density at radius 3 is 2.27 bits per heavy atom. The monoisotopic (exact) mass is 518 g/mol. The van der Waals surface area contributed by atoms with Crippen molar-refractivity contribution in [2.45, 2.75) is 39.7 Å². The molecule has 1 amide bonds. The molecule has 0 fully saturated rings. The SMILES string of the molecule is COc1ccc([C@H](C(C)C)C(C)OC(=O)CNC(=O)c2nccc(OC)c2OCOC(C)=O)c(OC)c1. The number of nitrogens with one attached hydrogen (secondary N) is 1. The van der Waals surface area contributed by atoms with Gasteiger partial charge in [0.2, 0.25) is 6.79 Å². The van der Waals surface area contributed by atoms with Crippen molar-refractivity contribution in [3.05, 3.63) is 41.7 Å². The third kappa shape index (κ3) is 7.99. The number of amides is 1. The van der Waals surface area contributed by atoms with Crippen molar-refractivity contribution in [2.75, 3.05) is 34.7 Å². The summed E-state index contributed by atoms with van der Waals surface area (Å²) in [5.74, 6) is -0.508. The molecule has 0 saturated heterocycles. The fourth-order valence-corrected chi connectivity index (χ4v) is 3.87. The zero-order valence-electron chi connectivity index (χ0n) is 22.2. The Morgan fingerprint density at radius 2 is 1.68 bits per heavy atom. The lowest BCUT2D eigenvalue weighted by molar-refractivity contribution is -0.149. The molecule has 1 aromatic heterocycles. The molecule has 1 heterocycles. The smallest absolute Gasteiger partial charge is 0.325 e. The predicted octanol–water partition coefficient (Wildman–Crippen LogP) is 3.11. The molecule has 0 bridgehead atoms. The summed E-state index contributed by atoms with van der Waals surface area (Å²) in [5, 5.41) is 2.48. The van der Waals surface area contributed by atoms with Gasteiger partial charge in [-0.05, 0) is 18.9 Å². The molecule has 0 aliphatic rings. The summed E-state index contributed by atoms with van der Waals surface area (Å²) in [6.45, 7) is 6.20. The standard InChI is InChI=1S/C26H34N2O9/c1-15(2)23(19-9-8-18(32-5)12-21(19)34-7)16(3)37-22(30)13-28-26(31)24-25(36-14-35-17(4)29)20(33-6)10-11-27-24/h8-12,15-16,23H,13-14H2,1-7H3,(H,28,31)/t16?,23-/m1/s1. The number of ether oxygens (including phenoxy) is 6. The number of hydrogen-bond donors (Lipinski definition) is 1. The number of carbonyl (C=O) groups is 3. The van der Waals surface area contributed by atoms with Crippen LogP contribution < -0.4 is 24.3 Å². The second kappa shape index (κ2) is 13.9. The van der Waals surface area contributed by atoms with Gasteiger partial charge in [0.05, 0.1) is 21.3 Å². The van der Waals surface area contributed by atoms with Crippen LogP contribution in [0.4, 0.5) is 0 Å². The highest BCUT2D eigenvalue weighted by molar-refractivity contribution is 5.97. The zero-order valence-corrected chi connectivity index (χ0v) is 22.2. The van der Waals surface area contributed by atoms with Crippen molar-refractivity contribution >= 4 is 17.8 Å². The van der Waals surface area contributed by atoms with Crippen LogP contribution >= 0.6 is 0 Å². The van der Waals surface area contributed by atoms with Gasteiger partial charge in [-0.25, -0.2) is 4.98 Å². The topological polar surface area (TPSA) is 132 Å². The molecule has 11 heteroatoms. The molecule has 0 spiro atoms. The van der Waals surface area contributed by atoms with Crippen molar-refractivity contribution in [2.24, 2.45) is 5.92 Å². The van der Waals surface area contributed by atoms with Crippen LogP contribution in [-0.2, 0) is 19.1 Å². The lowest BCUT2D eigenvalue weighted by atomic mass is 9.84. The summed E-state index contributed by atoms with van der Waals surface area (Å²) in [6.07, 6.45) is 0.826. The Kier molecular flexibility index (Phi) is 11.0. The van der Waals surface area contributed by atoms with E-state index in [1.54, 1.807) is 27.2 Å². The van der Waals surface area contributed by atoms with E-state index in [0.717, 1.165) is 5.56 Å². The molecule has 0 radical (unpaired) electrons. The molecule has 1 aromatic carbocycles. The lowest BCUT2D eigenvalue weighted by Crippen LogP contribution is -2.35. The number of rotatable bonds is 13. The van der Waals surface area contributed by atoms with E-state index in [9.17, 15) is 14.4 Å². The summed E-state index contributed by atoms with van der Waals surface area (Å²) in [4.78, 5) is 40.5. The van der Waals surface area contributed by atoms with Gasteiger partial charge < -0.3 is 33.7 Å². The molecule has 37 heavy (non-hydrogen) atoms. The van der Waals surface area contributed by atoms with Gasteiger partial charge in [0, 0.05) is 36.7 Å². The summed E-state index contributed by atoms with van der Waals surface area (Å²) in [5.41, 5.74) is 0.730. The van der Waals surface area contributed by atoms with Crippen molar-refractivity contribution in [3.63, 3.8) is 0 Å². The summed E-state index contributed by atoms with van der Waals surface area (Å²) in [7, 11) is 4.53. The molecule has 2 rings (SSSR count). The number of esters is 2.